The summed E-state index contributed by atoms with van der Waals surface area (Å²) in [6, 6.07) is 6.30. The second kappa shape index (κ2) is 7.61. The molecule has 0 saturated carbocycles. The molecule has 0 unspecified atom stereocenters. The first-order chi connectivity index (χ1) is 12.1. The monoisotopic (exact) mass is 379 g/mol. The van der Waals surface area contributed by atoms with E-state index in [4.69, 9.17) is 4.74 Å². The number of carbonyl (C=O) groups excluding carboxylic acids is 2. The Balaban J connectivity index is 2.25. The van der Waals surface area contributed by atoms with Gasteiger partial charge in [0.05, 0.1) is 24.1 Å². The third-order valence-electron chi connectivity index (χ3n) is 3.57. The molecule has 2 aromatic rings. The second-order valence-electron chi connectivity index (χ2n) is 5.75. The molecule has 1 amide bonds. The molecule has 0 spiro atoms. The van der Waals surface area contributed by atoms with Gasteiger partial charge in [-0.2, -0.15) is 0 Å². The molecular formula is C17H21N3O5S. The Morgan fingerprint density at radius 2 is 1.85 bits per heavy atom. The first-order valence-electron chi connectivity index (χ1n) is 7.88. The van der Waals surface area contributed by atoms with Crippen molar-refractivity contribution in [2.45, 2.75) is 20.8 Å². The number of sulfonamides is 1. The van der Waals surface area contributed by atoms with Crippen molar-refractivity contribution < 1.29 is 22.7 Å². The molecule has 26 heavy (non-hydrogen) atoms. The minimum atomic E-state index is -3.42. The van der Waals surface area contributed by atoms with Crippen LogP contribution < -0.4 is 10.0 Å². The van der Waals surface area contributed by atoms with Crippen LogP contribution in [-0.2, 0) is 14.8 Å². The van der Waals surface area contributed by atoms with Crippen molar-refractivity contribution in [1.29, 1.82) is 0 Å². The Morgan fingerprint density at radius 3 is 2.46 bits per heavy atom. The first kappa shape index (κ1) is 19.5. The highest BCUT2D eigenvalue weighted by Gasteiger charge is 2.23. The summed E-state index contributed by atoms with van der Waals surface area (Å²) < 4.78 is 30.0. The van der Waals surface area contributed by atoms with Crippen molar-refractivity contribution in [3.8, 4) is 0 Å². The van der Waals surface area contributed by atoms with Crippen molar-refractivity contribution >= 4 is 33.3 Å². The Hall–Kier alpha value is -2.81. The maximum Gasteiger partial charge on any atom is 0.340 e. The summed E-state index contributed by atoms with van der Waals surface area (Å²) in [7, 11) is -3.42. The van der Waals surface area contributed by atoms with Gasteiger partial charge in [-0.3, -0.25) is 9.52 Å². The van der Waals surface area contributed by atoms with Gasteiger partial charge >= 0.3 is 5.97 Å². The van der Waals surface area contributed by atoms with Crippen LogP contribution in [0.5, 0.6) is 0 Å². The largest absolute Gasteiger partial charge is 0.462 e. The lowest BCUT2D eigenvalue weighted by molar-refractivity contribution is 0.0525. The van der Waals surface area contributed by atoms with Gasteiger partial charge in [-0.15, -0.1) is 0 Å². The summed E-state index contributed by atoms with van der Waals surface area (Å²) in [5.41, 5.74) is 2.35. The summed E-state index contributed by atoms with van der Waals surface area (Å²) >= 11 is 0. The molecule has 0 aliphatic heterocycles. The van der Waals surface area contributed by atoms with E-state index in [-0.39, 0.29) is 12.3 Å². The van der Waals surface area contributed by atoms with Gasteiger partial charge in [0.15, 0.2) is 0 Å². The third kappa shape index (κ3) is 4.63. The maximum absolute atomic E-state index is 12.5. The number of rotatable bonds is 6. The predicted molar refractivity (Wildman–Crippen MR) is 99.1 cm³/mol. The number of aryl methyl sites for hydroxylation is 1. The zero-order valence-electron chi connectivity index (χ0n) is 15.0. The Kier molecular flexibility index (Phi) is 5.71. The highest BCUT2D eigenvalue weighted by Crippen LogP contribution is 2.21. The van der Waals surface area contributed by atoms with Gasteiger partial charge in [0.25, 0.3) is 5.91 Å². The van der Waals surface area contributed by atoms with E-state index in [0.29, 0.717) is 28.2 Å². The summed E-state index contributed by atoms with van der Waals surface area (Å²) in [6.45, 7) is 5.30. The average molecular weight is 379 g/mol. The molecule has 1 aromatic heterocycles. The summed E-state index contributed by atoms with van der Waals surface area (Å²) in [5.74, 6) is -0.935. The van der Waals surface area contributed by atoms with E-state index in [2.05, 4.69) is 15.0 Å². The number of ether oxygens (including phenoxy) is 1. The molecule has 0 bridgehead atoms. The summed E-state index contributed by atoms with van der Waals surface area (Å²) in [4.78, 5) is 27.5. The second-order valence-corrected chi connectivity index (χ2v) is 7.50. The minimum Gasteiger partial charge on any atom is -0.462 e. The van der Waals surface area contributed by atoms with Crippen molar-refractivity contribution in [3.63, 3.8) is 0 Å². The number of hydrogen-bond acceptors (Lipinski definition) is 5. The minimum absolute atomic E-state index is 0.241. The molecule has 0 radical (unpaired) electrons. The van der Waals surface area contributed by atoms with Gasteiger partial charge in [0.2, 0.25) is 10.0 Å². The molecule has 1 aromatic carbocycles. The molecule has 140 valence electrons. The van der Waals surface area contributed by atoms with Crippen LogP contribution in [0.4, 0.5) is 11.4 Å². The van der Waals surface area contributed by atoms with E-state index in [0.717, 1.165) is 6.26 Å². The van der Waals surface area contributed by atoms with Gasteiger partial charge in [-0.05, 0) is 44.5 Å². The zero-order valence-corrected chi connectivity index (χ0v) is 15.8. The van der Waals surface area contributed by atoms with E-state index in [1.165, 1.54) is 6.07 Å². The van der Waals surface area contributed by atoms with Crippen LogP contribution in [0.3, 0.4) is 0 Å². The van der Waals surface area contributed by atoms with Gasteiger partial charge in [0, 0.05) is 11.4 Å². The zero-order chi connectivity index (χ0) is 19.5. The number of aromatic amines is 1. The van der Waals surface area contributed by atoms with E-state index in [9.17, 15) is 18.0 Å². The number of hydrogen-bond donors (Lipinski definition) is 3. The lowest BCUT2D eigenvalue weighted by atomic mass is 10.1. The molecule has 1 heterocycles. The number of nitrogens with one attached hydrogen (secondary N) is 3. The fraction of sp³-hybridized carbons (Fsp3) is 0.294. The molecule has 0 atom stereocenters. The SMILES string of the molecule is CCOC(=O)c1c(C)[nH]c(C(=O)Nc2cccc(NS(C)(=O)=O)c2)c1C. The Labute approximate surface area is 152 Å². The molecule has 0 aliphatic carbocycles. The lowest BCUT2D eigenvalue weighted by Crippen LogP contribution is -2.15. The third-order valence-corrected chi connectivity index (χ3v) is 4.17. The smallest absolute Gasteiger partial charge is 0.340 e. The number of esters is 1. The maximum atomic E-state index is 12.5. The number of carbonyl (C=O) groups is 2. The quantitative estimate of drug-likeness (QED) is 0.666. The molecule has 9 heteroatoms. The van der Waals surface area contributed by atoms with Crippen molar-refractivity contribution in [2.75, 3.05) is 22.9 Å². The van der Waals surface area contributed by atoms with E-state index in [1.807, 2.05) is 0 Å². The standard InChI is InChI=1S/C17H21N3O5S/c1-5-25-17(22)14-10(2)15(18-11(14)3)16(21)19-12-7-6-8-13(9-12)20-26(4,23)24/h6-9,18,20H,5H2,1-4H3,(H,19,21). The molecule has 8 nitrogen and oxygen atoms in total. The van der Waals surface area contributed by atoms with Crippen molar-refractivity contribution in [1.82, 2.24) is 4.98 Å². The summed E-state index contributed by atoms with van der Waals surface area (Å²) in [6.07, 6.45) is 1.04. The van der Waals surface area contributed by atoms with Gasteiger partial charge < -0.3 is 15.0 Å². The van der Waals surface area contributed by atoms with Gasteiger partial charge in [-0.1, -0.05) is 6.07 Å². The molecule has 3 N–H and O–H groups in total. The van der Waals surface area contributed by atoms with E-state index < -0.39 is 21.9 Å². The molecule has 0 fully saturated rings. The van der Waals surface area contributed by atoms with Crippen molar-refractivity contribution in [2.24, 2.45) is 0 Å². The van der Waals surface area contributed by atoms with E-state index >= 15 is 0 Å². The van der Waals surface area contributed by atoms with E-state index in [1.54, 1.807) is 39.0 Å². The lowest BCUT2D eigenvalue weighted by Gasteiger charge is -2.08. The van der Waals surface area contributed by atoms with Crippen LogP contribution >= 0.6 is 0 Å². The summed E-state index contributed by atoms with van der Waals surface area (Å²) in [5, 5.41) is 2.68. The van der Waals surface area contributed by atoms with Crippen LogP contribution in [0.1, 0.15) is 39.0 Å². The fourth-order valence-electron chi connectivity index (χ4n) is 2.55. The van der Waals surface area contributed by atoms with Crippen LogP contribution in [0.25, 0.3) is 0 Å². The topological polar surface area (TPSA) is 117 Å². The number of anilines is 2. The fourth-order valence-corrected chi connectivity index (χ4v) is 3.11. The van der Waals surface area contributed by atoms with Gasteiger partial charge in [0.1, 0.15) is 5.69 Å². The number of H-pyrrole nitrogens is 1. The van der Waals surface area contributed by atoms with Crippen LogP contribution in [-0.4, -0.2) is 38.1 Å². The Morgan fingerprint density at radius 1 is 1.19 bits per heavy atom. The van der Waals surface area contributed by atoms with Crippen LogP contribution in [0.2, 0.25) is 0 Å². The molecular weight excluding hydrogens is 358 g/mol. The van der Waals surface area contributed by atoms with Crippen molar-refractivity contribution in [3.05, 3.63) is 46.8 Å². The molecule has 2 rings (SSSR count). The molecule has 0 saturated heterocycles. The highest BCUT2D eigenvalue weighted by molar-refractivity contribution is 7.92. The number of benzene rings is 1. The number of aromatic nitrogens is 1. The highest BCUT2D eigenvalue weighted by atomic mass is 32.2. The average Bonchev–Trinajstić information content (AvgIpc) is 2.81. The first-order valence-corrected chi connectivity index (χ1v) is 9.77. The number of amides is 1. The molecule has 0 aliphatic rings. The predicted octanol–water partition coefficient (Wildman–Crippen LogP) is 2.43. The van der Waals surface area contributed by atoms with Crippen LogP contribution in [0, 0.1) is 13.8 Å². The van der Waals surface area contributed by atoms with Crippen LogP contribution in [0.15, 0.2) is 24.3 Å². The van der Waals surface area contributed by atoms with Gasteiger partial charge in [-0.25, -0.2) is 13.2 Å². The Bertz CT molecular complexity index is 947. The normalized spacial score (nSPS) is 11.1.